The lowest BCUT2D eigenvalue weighted by atomic mass is 10.1. The highest BCUT2D eigenvalue weighted by Crippen LogP contribution is 2.29. The monoisotopic (exact) mass is 349 g/mol. The van der Waals surface area contributed by atoms with Crippen molar-refractivity contribution in [3.63, 3.8) is 0 Å². The minimum absolute atomic E-state index is 0.202. The molecule has 26 heavy (non-hydrogen) atoms. The van der Waals surface area contributed by atoms with Crippen LogP contribution in [0.1, 0.15) is 25.7 Å². The van der Waals surface area contributed by atoms with Gasteiger partial charge in [0.2, 0.25) is 5.91 Å². The fourth-order valence-corrected chi connectivity index (χ4v) is 2.81. The zero-order chi connectivity index (χ0) is 18.1. The van der Waals surface area contributed by atoms with Crippen molar-refractivity contribution in [2.24, 2.45) is 13.0 Å². The number of fused-ring (bicyclic) bond motifs is 1. The molecule has 0 radical (unpaired) electrons. The van der Waals surface area contributed by atoms with Gasteiger partial charge in [0.15, 0.2) is 5.82 Å². The summed E-state index contributed by atoms with van der Waals surface area (Å²) < 4.78 is 3.38. The summed E-state index contributed by atoms with van der Waals surface area (Å²) in [6.07, 6.45) is 12.1. The lowest BCUT2D eigenvalue weighted by Crippen LogP contribution is -2.28. The zero-order valence-corrected chi connectivity index (χ0v) is 14.5. The Kier molecular flexibility index (Phi) is 4.13. The molecule has 132 valence electrons. The van der Waals surface area contributed by atoms with Crippen molar-refractivity contribution < 1.29 is 4.79 Å². The van der Waals surface area contributed by atoms with Crippen LogP contribution in [0.2, 0.25) is 0 Å². The summed E-state index contributed by atoms with van der Waals surface area (Å²) in [6, 6.07) is 3.86. The third-order valence-electron chi connectivity index (χ3n) is 4.34. The second kappa shape index (κ2) is 6.59. The number of rotatable bonds is 2. The highest BCUT2D eigenvalue weighted by atomic mass is 16.2. The van der Waals surface area contributed by atoms with Gasteiger partial charge in [-0.2, -0.15) is 15.5 Å². The van der Waals surface area contributed by atoms with Crippen molar-refractivity contribution in [2.75, 3.05) is 11.4 Å². The minimum atomic E-state index is -0.596. The number of carbonyl (C=O) groups excluding carboxylic acids is 1. The van der Waals surface area contributed by atoms with Gasteiger partial charge < -0.3 is 0 Å². The molecule has 1 amide bonds. The number of amides is 1. The molecular formula is C18H19N7O. The molecule has 2 aliphatic rings. The molecule has 8 nitrogen and oxygen atoms in total. The summed E-state index contributed by atoms with van der Waals surface area (Å²) in [5.74, 6) is -0.264. The molecule has 1 saturated heterocycles. The molecule has 4 heterocycles. The van der Waals surface area contributed by atoms with Crippen LogP contribution in [0.25, 0.3) is 16.8 Å². The van der Waals surface area contributed by atoms with Gasteiger partial charge in [0, 0.05) is 25.4 Å². The normalized spacial score (nSPS) is 18.5. The fraction of sp³-hybridized carbons (Fsp3) is 0.389. The summed E-state index contributed by atoms with van der Waals surface area (Å²) in [5, 5.41) is 17.5. The van der Waals surface area contributed by atoms with Gasteiger partial charge in [-0.15, -0.1) is 0 Å². The van der Waals surface area contributed by atoms with Crippen molar-refractivity contribution in [1.29, 1.82) is 5.26 Å². The summed E-state index contributed by atoms with van der Waals surface area (Å²) in [5.41, 5.74) is 2.26. The molecule has 1 unspecified atom stereocenters. The van der Waals surface area contributed by atoms with E-state index in [4.69, 9.17) is 5.26 Å². The standard InChI is InChI=1S/C15H13N7O.C3H6/c1-20-8-11(7-18-20)12-9-22-13(2-4-17-22)14(19-12)21-5-3-10(6-16)15(21)23;1-2-3-1/h2,4,7-10H,3,5H2,1H3;1-3H2. The van der Waals surface area contributed by atoms with Gasteiger partial charge in [-0.1, -0.05) is 19.3 Å². The van der Waals surface area contributed by atoms with Crippen molar-refractivity contribution >= 4 is 17.2 Å². The molecule has 0 bridgehead atoms. The SMILES string of the molecule is C1CC1.Cn1cc(-c2cn3nccc3c(N3CCC(C#N)C3=O)n2)cn1. The third-order valence-corrected chi connectivity index (χ3v) is 4.34. The predicted molar refractivity (Wildman–Crippen MR) is 95.1 cm³/mol. The fourth-order valence-electron chi connectivity index (χ4n) is 2.81. The van der Waals surface area contributed by atoms with Gasteiger partial charge in [-0.05, 0) is 12.5 Å². The Hall–Kier alpha value is -3.21. The van der Waals surface area contributed by atoms with E-state index in [-0.39, 0.29) is 5.91 Å². The first-order valence-electron chi connectivity index (χ1n) is 8.72. The van der Waals surface area contributed by atoms with Gasteiger partial charge in [0.1, 0.15) is 11.4 Å². The maximum Gasteiger partial charge on any atom is 0.245 e. The Morgan fingerprint density at radius 2 is 2.04 bits per heavy atom. The smallest absolute Gasteiger partial charge is 0.245 e. The second-order valence-corrected chi connectivity index (χ2v) is 6.53. The number of anilines is 1. The molecule has 8 heteroatoms. The molecular weight excluding hydrogens is 330 g/mol. The van der Waals surface area contributed by atoms with Crippen molar-refractivity contribution in [3.8, 4) is 17.3 Å². The van der Waals surface area contributed by atoms with Crippen LogP contribution in [0.5, 0.6) is 0 Å². The lowest BCUT2D eigenvalue weighted by molar-refractivity contribution is -0.119. The van der Waals surface area contributed by atoms with Gasteiger partial charge in [-0.25, -0.2) is 9.50 Å². The Morgan fingerprint density at radius 1 is 1.23 bits per heavy atom. The molecule has 1 saturated carbocycles. The van der Waals surface area contributed by atoms with Crippen LogP contribution in [0.3, 0.4) is 0 Å². The molecule has 0 spiro atoms. The van der Waals surface area contributed by atoms with E-state index in [2.05, 4.69) is 21.3 Å². The second-order valence-electron chi connectivity index (χ2n) is 6.53. The maximum absolute atomic E-state index is 12.4. The number of nitrogens with zero attached hydrogens (tertiary/aromatic N) is 7. The van der Waals surface area contributed by atoms with Crippen LogP contribution in [0.4, 0.5) is 5.82 Å². The maximum atomic E-state index is 12.4. The number of nitriles is 1. The first-order valence-corrected chi connectivity index (χ1v) is 8.72. The van der Waals surface area contributed by atoms with Crippen LogP contribution < -0.4 is 4.90 Å². The molecule has 3 aromatic heterocycles. The minimum Gasteiger partial charge on any atom is -0.294 e. The van der Waals surface area contributed by atoms with Gasteiger partial charge in [0.05, 0.1) is 30.4 Å². The summed E-state index contributed by atoms with van der Waals surface area (Å²) >= 11 is 0. The molecule has 1 aliphatic carbocycles. The third kappa shape index (κ3) is 3.04. The van der Waals surface area contributed by atoms with E-state index in [0.29, 0.717) is 24.5 Å². The van der Waals surface area contributed by atoms with E-state index in [1.54, 1.807) is 32.7 Å². The molecule has 5 rings (SSSR count). The molecule has 3 aromatic rings. The number of carbonyl (C=O) groups is 1. The van der Waals surface area contributed by atoms with Crippen LogP contribution in [0.15, 0.2) is 30.9 Å². The Bertz CT molecular complexity index is 992. The van der Waals surface area contributed by atoms with Gasteiger partial charge in [0.25, 0.3) is 0 Å². The zero-order valence-electron chi connectivity index (χ0n) is 14.5. The Morgan fingerprint density at radius 3 is 2.65 bits per heavy atom. The molecule has 2 fully saturated rings. The van der Waals surface area contributed by atoms with E-state index in [0.717, 1.165) is 11.1 Å². The Balaban J connectivity index is 0.000000510. The Labute approximate surface area is 150 Å². The van der Waals surface area contributed by atoms with E-state index in [1.165, 1.54) is 19.3 Å². The van der Waals surface area contributed by atoms with Crippen LogP contribution in [-0.4, -0.2) is 36.8 Å². The highest BCUT2D eigenvalue weighted by Gasteiger charge is 2.34. The number of hydrogen-bond acceptors (Lipinski definition) is 5. The molecule has 1 aliphatic heterocycles. The quantitative estimate of drug-likeness (QED) is 0.707. The number of aromatic nitrogens is 5. The first-order chi connectivity index (χ1) is 12.7. The van der Waals surface area contributed by atoms with Gasteiger partial charge in [-0.3, -0.25) is 14.4 Å². The summed E-state index contributed by atoms with van der Waals surface area (Å²) in [6.45, 7) is 0.487. The van der Waals surface area contributed by atoms with E-state index in [1.807, 2.05) is 19.3 Å². The molecule has 0 N–H and O–H groups in total. The average Bonchev–Trinajstić information content (AvgIpc) is 3.20. The largest absolute Gasteiger partial charge is 0.294 e. The van der Waals surface area contributed by atoms with Crippen LogP contribution >= 0.6 is 0 Å². The highest BCUT2D eigenvalue weighted by molar-refractivity contribution is 6.01. The number of aryl methyl sites for hydroxylation is 1. The summed E-state index contributed by atoms with van der Waals surface area (Å²) in [4.78, 5) is 18.6. The molecule has 1 atom stereocenters. The molecule has 0 aromatic carbocycles. The summed E-state index contributed by atoms with van der Waals surface area (Å²) in [7, 11) is 1.83. The van der Waals surface area contributed by atoms with Crippen molar-refractivity contribution in [3.05, 3.63) is 30.9 Å². The van der Waals surface area contributed by atoms with E-state index in [9.17, 15) is 4.79 Å². The first kappa shape index (κ1) is 16.3. The van der Waals surface area contributed by atoms with E-state index < -0.39 is 5.92 Å². The number of hydrogen-bond donors (Lipinski definition) is 0. The van der Waals surface area contributed by atoms with Crippen LogP contribution in [0, 0.1) is 17.2 Å². The average molecular weight is 349 g/mol. The topological polar surface area (TPSA) is 92.1 Å². The van der Waals surface area contributed by atoms with E-state index >= 15 is 0 Å². The van der Waals surface area contributed by atoms with Crippen LogP contribution in [-0.2, 0) is 11.8 Å². The van der Waals surface area contributed by atoms with Crippen molar-refractivity contribution in [1.82, 2.24) is 24.4 Å². The predicted octanol–water partition coefficient (Wildman–Crippen LogP) is 2.18. The van der Waals surface area contributed by atoms with Crippen molar-refractivity contribution in [2.45, 2.75) is 25.7 Å². The lowest BCUT2D eigenvalue weighted by Gasteiger charge is -2.16. The van der Waals surface area contributed by atoms with Gasteiger partial charge >= 0.3 is 0 Å².